The second-order valence-corrected chi connectivity index (χ2v) is 7.34. The molecular formula is C20H24N6O3. The minimum Gasteiger partial charge on any atom is -0.351 e. The third-order valence-electron chi connectivity index (χ3n) is 5.40. The number of fused-ring (bicyclic) bond motifs is 1. The summed E-state index contributed by atoms with van der Waals surface area (Å²) in [5.41, 5.74) is 1.23. The summed E-state index contributed by atoms with van der Waals surface area (Å²) in [6, 6.07) is 7.14. The van der Waals surface area contributed by atoms with Crippen LogP contribution in [0.25, 0.3) is 0 Å². The van der Waals surface area contributed by atoms with Gasteiger partial charge in [0.15, 0.2) is 5.69 Å². The predicted molar refractivity (Wildman–Crippen MR) is 105 cm³/mol. The van der Waals surface area contributed by atoms with Crippen molar-refractivity contribution < 1.29 is 14.4 Å². The second kappa shape index (κ2) is 8.52. The molecule has 0 radical (unpaired) electrons. The molecule has 0 spiro atoms. The SMILES string of the molecule is O=C(NCCCCN1C(=O)c2ccccc2C1=O)c1cn(C2CCNCC2)nn1. The summed E-state index contributed by atoms with van der Waals surface area (Å²) in [5.74, 6) is -0.751. The van der Waals surface area contributed by atoms with Crippen LogP contribution in [0.4, 0.5) is 0 Å². The van der Waals surface area contributed by atoms with Crippen LogP contribution in [0.1, 0.15) is 62.9 Å². The van der Waals surface area contributed by atoms with Crippen molar-refractivity contribution in [3.8, 4) is 0 Å². The summed E-state index contributed by atoms with van der Waals surface area (Å²) in [6.45, 7) is 2.68. The van der Waals surface area contributed by atoms with Crippen LogP contribution in [0, 0.1) is 0 Å². The molecule has 2 N–H and O–H groups in total. The van der Waals surface area contributed by atoms with E-state index in [2.05, 4.69) is 20.9 Å². The largest absolute Gasteiger partial charge is 0.351 e. The number of hydrogen-bond acceptors (Lipinski definition) is 6. The zero-order valence-corrected chi connectivity index (χ0v) is 16.1. The number of benzene rings is 1. The zero-order valence-electron chi connectivity index (χ0n) is 16.1. The third-order valence-corrected chi connectivity index (χ3v) is 5.40. The summed E-state index contributed by atoms with van der Waals surface area (Å²) in [6.07, 6.45) is 4.92. The van der Waals surface area contributed by atoms with E-state index < -0.39 is 0 Å². The highest BCUT2D eigenvalue weighted by Gasteiger charge is 2.34. The minimum atomic E-state index is -0.258. The van der Waals surface area contributed by atoms with E-state index in [1.54, 1.807) is 35.1 Å². The summed E-state index contributed by atoms with van der Waals surface area (Å²) in [5, 5.41) is 14.2. The Bertz CT molecular complexity index is 883. The predicted octanol–water partition coefficient (Wildman–Crippen LogP) is 1.01. The normalized spacial score (nSPS) is 16.9. The molecule has 3 amide bonds. The van der Waals surface area contributed by atoms with Gasteiger partial charge in [0.1, 0.15) is 0 Å². The lowest BCUT2D eigenvalue weighted by atomic mass is 10.1. The number of unbranched alkanes of at least 4 members (excludes halogenated alkanes) is 1. The Balaban J connectivity index is 1.20. The fraction of sp³-hybridized carbons (Fsp3) is 0.450. The van der Waals surface area contributed by atoms with Crippen LogP contribution in [-0.4, -0.2) is 63.8 Å². The summed E-state index contributed by atoms with van der Waals surface area (Å²) in [4.78, 5) is 38.2. The van der Waals surface area contributed by atoms with Gasteiger partial charge in [0, 0.05) is 13.1 Å². The molecule has 9 heteroatoms. The average Bonchev–Trinajstić information content (AvgIpc) is 3.34. The monoisotopic (exact) mass is 396 g/mol. The smallest absolute Gasteiger partial charge is 0.273 e. The Labute approximate surface area is 168 Å². The molecule has 2 aliphatic heterocycles. The number of imide groups is 1. The lowest BCUT2D eigenvalue weighted by Crippen LogP contribution is -2.31. The first-order chi connectivity index (χ1) is 14.1. The number of hydrogen-bond donors (Lipinski definition) is 2. The second-order valence-electron chi connectivity index (χ2n) is 7.34. The molecule has 3 heterocycles. The molecule has 4 rings (SSSR count). The molecule has 152 valence electrons. The highest BCUT2D eigenvalue weighted by atomic mass is 16.2. The van der Waals surface area contributed by atoms with Gasteiger partial charge in [-0.25, -0.2) is 4.68 Å². The Morgan fingerprint density at radius 2 is 1.79 bits per heavy atom. The first kappa shape index (κ1) is 19.3. The van der Waals surface area contributed by atoms with Gasteiger partial charge in [0.05, 0.1) is 23.4 Å². The number of carbonyl (C=O) groups is 3. The van der Waals surface area contributed by atoms with E-state index in [0.717, 1.165) is 25.9 Å². The number of carbonyl (C=O) groups excluding carboxylic acids is 3. The third kappa shape index (κ3) is 4.04. The lowest BCUT2D eigenvalue weighted by Gasteiger charge is -2.22. The fourth-order valence-electron chi connectivity index (χ4n) is 3.76. The minimum absolute atomic E-state index is 0.246. The van der Waals surface area contributed by atoms with Gasteiger partial charge < -0.3 is 10.6 Å². The highest BCUT2D eigenvalue weighted by molar-refractivity contribution is 6.21. The van der Waals surface area contributed by atoms with Crippen molar-refractivity contribution >= 4 is 17.7 Å². The van der Waals surface area contributed by atoms with Crippen LogP contribution < -0.4 is 10.6 Å². The van der Waals surface area contributed by atoms with E-state index in [9.17, 15) is 14.4 Å². The van der Waals surface area contributed by atoms with E-state index in [1.807, 2.05) is 0 Å². The van der Waals surface area contributed by atoms with E-state index in [0.29, 0.717) is 42.8 Å². The fourth-order valence-corrected chi connectivity index (χ4v) is 3.76. The van der Waals surface area contributed by atoms with Crippen LogP contribution in [0.2, 0.25) is 0 Å². The zero-order chi connectivity index (χ0) is 20.2. The van der Waals surface area contributed by atoms with Crippen LogP contribution in [-0.2, 0) is 0 Å². The van der Waals surface area contributed by atoms with Crippen molar-refractivity contribution in [2.45, 2.75) is 31.7 Å². The van der Waals surface area contributed by atoms with Crippen molar-refractivity contribution in [1.82, 2.24) is 30.5 Å². The Morgan fingerprint density at radius 3 is 2.48 bits per heavy atom. The van der Waals surface area contributed by atoms with Crippen molar-refractivity contribution in [2.75, 3.05) is 26.2 Å². The summed E-state index contributed by atoms with van der Waals surface area (Å²) >= 11 is 0. The maximum Gasteiger partial charge on any atom is 0.273 e. The first-order valence-electron chi connectivity index (χ1n) is 10.0. The van der Waals surface area contributed by atoms with Crippen LogP contribution in [0.15, 0.2) is 30.5 Å². The topological polar surface area (TPSA) is 109 Å². The number of rotatable bonds is 7. The average molecular weight is 396 g/mol. The van der Waals surface area contributed by atoms with E-state index >= 15 is 0 Å². The number of nitrogens with one attached hydrogen (secondary N) is 2. The Kier molecular flexibility index (Phi) is 5.66. The summed E-state index contributed by atoms with van der Waals surface area (Å²) < 4.78 is 1.78. The van der Waals surface area contributed by atoms with Gasteiger partial charge in [-0.2, -0.15) is 0 Å². The molecule has 1 saturated heterocycles. The Hall–Kier alpha value is -3.07. The van der Waals surface area contributed by atoms with Gasteiger partial charge in [-0.1, -0.05) is 17.3 Å². The van der Waals surface area contributed by atoms with Gasteiger partial charge in [-0.05, 0) is 50.9 Å². The van der Waals surface area contributed by atoms with Gasteiger partial charge in [-0.3, -0.25) is 19.3 Å². The number of amides is 3. The van der Waals surface area contributed by atoms with Crippen molar-refractivity contribution in [3.63, 3.8) is 0 Å². The molecule has 1 aromatic carbocycles. The molecule has 2 aromatic rings. The number of aromatic nitrogens is 3. The van der Waals surface area contributed by atoms with E-state index in [-0.39, 0.29) is 23.8 Å². The standard InChI is InChI=1S/C20H24N6O3/c27-18(17-13-26(24-23-17)14-7-10-21-11-8-14)22-9-3-4-12-25-19(28)15-5-1-2-6-16(15)20(25)29/h1-2,5-6,13-14,21H,3-4,7-12H2,(H,22,27). The molecule has 0 unspecified atom stereocenters. The van der Waals surface area contributed by atoms with Crippen molar-refractivity contribution in [1.29, 1.82) is 0 Å². The molecular weight excluding hydrogens is 372 g/mol. The quantitative estimate of drug-likeness (QED) is 0.534. The first-order valence-corrected chi connectivity index (χ1v) is 10.0. The van der Waals surface area contributed by atoms with Crippen molar-refractivity contribution in [3.05, 3.63) is 47.3 Å². The van der Waals surface area contributed by atoms with Crippen LogP contribution in [0.3, 0.4) is 0 Å². The molecule has 0 atom stereocenters. The van der Waals surface area contributed by atoms with Gasteiger partial charge in [-0.15, -0.1) is 5.10 Å². The number of nitrogens with zero attached hydrogens (tertiary/aromatic N) is 4. The highest BCUT2D eigenvalue weighted by Crippen LogP contribution is 2.22. The Morgan fingerprint density at radius 1 is 1.10 bits per heavy atom. The van der Waals surface area contributed by atoms with Crippen molar-refractivity contribution in [2.24, 2.45) is 0 Å². The molecule has 0 bridgehead atoms. The molecule has 2 aliphatic rings. The van der Waals surface area contributed by atoms with E-state index in [4.69, 9.17) is 0 Å². The van der Waals surface area contributed by atoms with E-state index in [1.165, 1.54) is 4.90 Å². The van der Waals surface area contributed by atoms with Crippen LogP contribution >= 0.6 is 0 Å². The number of piperidine rings is 1. The van der Waals surface area contributed by atoms with Gasteiger partial charge >= 0.3 is 0 Å². The molecule has 1 fully saturated rings. The van der Waals surface area contributed by atoms with Crippen LogP contribution in [0.5, 0.6) is 0 Å². The lowest BCUT2D eigenvalue weighted by molar-refractivity contribution is 0.0650. The van der Waals surface area contributed by atoms with Gasteiger partial charge in [0.2, 0.25) is 0 Å². The van der Waals surface area contributed by atoms with Gasteiger partial charge in [0.25, 0.3) is 17.7 Å². The maximum atomic E-state index is 12.3. The molecule has 29 heavy (non-hydrogen) atoms. The summed E-state index contributed by atoms with van der Waals surface area (Å²) in [7, 11) is 0. The molecule has 1 aromatic heterocycles. The molecule has 0 saturated carbocycles. The maximum absolute atomic E-state index is 12.3. The molecule has 0 aliphatic carbocycles. The molecule has 9 nitrogen and oxygen atoms in total.